The van der Waals surface area contributed by atoms with Crippen LogP contribution in [0.2, 0.25) is 9.76 Å². The summed E-state index contributed by atoms with van der Waals surface area (Å²) in [6.07, 6.45) is 8.04. The maximum absolute atomic E-state index is 2.58. The molecule has 0 fully saturated rings. The molecule has 3 rings (SSSR count). The predicted molar refractivity (Wildman–Crippen MR) is 90.8 cm³/mol. The van der Waals surface area contributed by atoms with Crippen LogP contribution in [0.3, 0.4) is 0 Å². The first kappa shape index (κ1) is 15.5. The van der Waals surface area contributed by atoms with Crippen molar-refractivity contribution in [2.24, 2.45) is 0 Å². The Labute approximate surface area is 143 Å². The normalized spacial score (nSPS) is 25.5. The van der Waals surface area contributed by atoms with Crippen molar-refractivity contribution >= 4 is 14.7 Å². The van der Waals surface area contributed by atoms with E-state index in [9.17, 15) is 0 Å². The second-order valence-electron chi connectivity index (χ2n) is 6.86. The SMILES string of the molecule is Cc1cccc([SiH2]CC2=CC3=C(CCCC3)[C]2(C)[Ti])c1C. The zero-order valence-electron chi connectivity index (χ0n) is 13.6. The number of aryl methyl sites for hydroxylation is 1. The number of hydrogen-bond donors (Lipinski definition) is 0. The van der Waals surface area contributed by atoms with Crippen molar-refractivity contribution in [1.82, 2.24) is 0 Å². The van der Waals surface area contributed by atoms with Crippen molar-refractivity contribution in [2.45, 2.75) is 56.2 Å². The Morgan fingerprint density at radius 2 is 1.95 bits per heavy atom. The minimum absolute atomic E-state index is 0.195. The molecule has 0 nitrogen and oxygen atoms in total. The molecule has 0 aliphatic heterocycles. The molecule has 1 aromatic carbocycles. The van der Waals surface area contributed by atoms with Crippen LogP contribution < -0.4 is 5.19 Å². The molecule has 0 saturated carbocycles. The van der Waals surface area contributed by atoms with Gasteiger partial charge in [-0.2, -0.15) is 0 Å². The molecule has 1 unspecified atom stereocenters. The summed E-state index contributed by atoms with van der Waals surface area (Å²) in [7, 11) is -0.195. The summed E-state index contributed by atoms with van der Waals surface area (Å²) < 4.78 is 0.348. The van der Waals surface area contributed by atoms with Crippen LogP contribution in [0.4, 0.5) is 0 Å². The number of allylic oxidation sites excluding steroid dienone is 4. The summed E-state index contributed by atoms with van der Waals surface area (Å²) >= 11 is 2.46. The molecular weight excluding hydrogens is 304 g/mol. The second kappa shape index (κ2) is 6.02. The maximum atomic E-state index is 2.58. The first-order valence-corrected chi connectivity index (χ1v) is 10.7. The summed E-state index contributed by atoms with van der Waals surface area (Å²) in [6, 6.07) is 8.20. The van der Waals surface area contributed by atoms with Crippen molar-refractivity contribution in [2.75, 3.05) is 0 Å². The summed E-state index contributed by atoms with van der Waals surface area (Å²) in [6.45, 7) is 7.01. The van der Waals surface area contributed by atoms with E-state index in [-0.39, 0.29) is 9.52 Å². The van der Waals surface area contributed by atoms with Crippen LogP contribution >= 0.6 is 0 Å². The Kier molecular flexibility index (Phi) is 4.45. The Hall–Kier alpha value is -0.369. The number of rotatable bonds is 3. The Balaban J connectivity index is 1.76. The van der Waals surface area contributed by atoms with Gasteiger partial charge in [-0.1, -0.05) is 0 Å². The third kappa shape index (κ3) is 2.93. The standard InChI is InChI=1S/C19H25Si.Ti/c1-13-7-6-10-19(14(13)2)20-12-17-11-16-8-4-5-9-18(16)15(17)3;/h6-7,10-11H,4-5,8-9,12,20H2,1-3H3;. The van der Waals surface area contributed by atoms with Crippen molar-refractivity contribution < 1.29 is 20.4 Å². The monoisotopic (exact) mass is 329 g/mol. The van der Waals surface area contributed by atoms with Crippen molar-refractivity contribution in [1.29, 1.82) is 0 Å². The van der Waals surface area contributed by atoms with Crippen molar-refractivity contribution in [3.63, 3.8) is 0 Å². The average Bonchev–Trinajstić information content (AvgIpc) is 2.72. The summed E-state index contributed by atoms with van der Waals surface area (Å²) in [5, 5.41) is 1.66. The average molecular weight is 329 g/mol. The fourth-order valence-electron chi connectivity index (χ4n) is 3.88. The van der Waals surface area contributed by atoms with E-state index in [2.05, 4.69) is 65.5 Å². The van der Waals surface area contributed by atoms with Gasteiger partial charge in [0, 0.05) is 0 Å². The molecule has 0 saturated heterocycles. The molecule has 1 aromatic rings. The Morgan fingerprint density at radius 3 is 2.71 bits per heavy atom. The van der Waals surface area contributed by atoms with Crippen LogP contribution in [-0.4, -0.2) is 9.52 Å². The molecule has 1 atom stereocenters. The van der Waals surface area contributed by atoms with E-state index < -0.39 is 0 Å². The third-order valence-corrected chi connectivity index (χ3v) is 8.55. The van der Waals surface area contributed by atoms with E-state index in [1.165, 1.54) is 37.3 Å². The third-order valence-electron chi connectivity index (χ3n) is 5.49. The number of hydrogen-bond acceptors (Lipinski definition) is 0. The molecule has 0 N–H and O–H groups in total. The van der Waals surface area contributed by atoms with Gasteiger partial charge in [-0.25, -0.2) is 0 Å². The van der Waals surface area contributed by atoms with Gasteiger partial charge in [0.15, 0.2) is 0 Å². The first-order valence-electron chi connectivity index (χ1n) is 8.24. The molecule has 0 spiro atoms. The Bertz CT molecular complexity index is 622. The number of benzene rings is 1. The van der Waals surface area contributed by atoms with Crippen molar-refractivity contribution in [3.8, 4) is 0 Å². The molecule has 2 heteroatoms. The minimum atomic E-state index is -0.195. The zero-order chi connectivity index (χ0) is 15.0. The van der Waals surface area contributed by atoms with E-state index in [1.807, 2.05) is 0 Å². The molecule has 0 bridgehead atoms. The van der Waals surface area contributed by atoms with Gasteiger partial charge in [-0.3, -0.25) is 0 Å². The quantitative estimate of drug-likeness (QED) is 0.734. The predicted octanol–water partition coefficient (Wildman–Crippen LogP) is 4.05. The van der Waals surface area contributed by atoms with Gasteiger partial charge in [0.2, 0.25) is 0 Å². The van der Waals surface area contributed by atoms with Gasteiger partial charge in [-0.05, 0) is 0 Å². The van der Waals surface area contributed by atoms with Crippen molar-refractivity contribution in [3.05, 3.63) is 52.1 Å². The van der Waals surface area contributed by atoms with Crippen LogP contribution in [0.1, 0.15) is 43.7 Å². The summed E-state index contributed by atoms with van der Waals surface area (Å²) in [5.41, 5.74) is 8.17. The van der Waals surface area contributed by atoms with Crippen LogP contribution in [0, 0.1) is 13.8 Å². The topological polar surface area (TPSA) is 0 Å². The van der Waals surface area contributed by atoms with E-state index in [4.69, 9.17) is 0 Å². The van der Waals surface area contributed by atoms with Crippen LogP contribution in [0.15, 0.2) is 41.0 Å². The first-order chi connectivity index (χ1) is 10.00. The van der Waals surface area contributed by atoms with E-state index in [0.717, 1.165) is 0 Å². The molecule has 0 aromatic heterocycles. The van der Waals surface area contributed by atoms with Crippen LogP contribution in [0.5, 0.6) is 0 Å². The second-order valence-corrected chi connectivity index (χ2v) is 10.2. The summed E-state index contributed by atoms with van der Waals surface area (Å²) in [5.74, 6) is 0. The van der Waals surface area contributed by atoms with Gasteiger partial charge < -0.3 is 0 Å². The fourth-order valence-corrected chi connectivity index (χ4v) is 7.17. The Morgan fingerprint density at radius 1 is 1.19 bits per heavy atom. The molecular formula is C19H25SiTi. The van der Waals surface area contributed by atoms with Gasteiger partial charge in [0.1, 0.15) is 0 Å². The van der Waals surface area contributed by atoms with Gasteiger partial charge in [0.25, 0.3) is 0 Å². The molecule has 0 amide bonds. The molecule has 2 aliphatic rings. The van der Waals surface area contributed by atoms with E-state index in [0.29, 0.717) is 3.72 Å². The van der Waals surface area contributed by atoms with Gasteiger partial charge in [-0.15, -0.1) is 0 Å². The van der Waals surface area contributed by atoms with E-state index in [1.54, 1.807) is 27.5 Å². The van der Waals surface area contributed by atoms with Crippen LogP contribution in [0.25, 0.3) is 0 Å². The van der Waals surface area contributed by atoms with Gasteiger partial charge in [0.05, 0.1) is 0 Å². The van der Waals surface area contributed by atoms with Gasteiger partial charge >= 0.3 is 143 Å². The van der Waals surface area contributed by atoms with E-state index >= 15 is 0 Å². The molecule has 0 radical (unpaired) electrons. The zero-order valence-corrected chi connectivity index (χ0v) is 16.5. The molecule has 21 heavy (non-hydrogen) atoms. The fraction of sp³-hybridized carbons (Fsp3) is 0.474. The molecule has 0 heterocycles. The molecule has 2 aliphatic carbocycles. The van der Waals surface area contributed by atoms with Crippen LogP contribution in [-0.2, 0) is 20.4 Å². The molecule has 109 valence electrons. The summed E-state index contributed by atoms with van der Waals surface area (Å²) in [4.78, 5) is 0.